The van der Waals surface area contributed by atoms with Gasteiger partial charge in [0.1, 0.15) is 0 Å². The summed E-state index contributed by atoms with van der Waals surface area (Å²) in [5, 5.41) is 20.7. The van der Waals surface area contributed by atoms with E-state index in [-0.39, 0.29) is 19.6 Å². The van der Waals surface area contributed by atoms with E-state index in [1.54, 1.807) is 0 Å². The summed E-state index contributed by atoms with van der Waals surface area (Å²) in [5.74, 6) is 0. The molecule has 1 atom stereocenters. The number of aliphatic hydroxyl groups is 2. The van der Waals surface area contributed by atoms with Crippen LogP contribution in [0.25, 0.3) is 5.57 Å². The van der Waals surface area contributed by atoms with Crippen LogP contribution in [0, 0.1) is 0 Å². The number of ether oxygens (including phenoxy) is 1. The maximum atomic E-state index is 11.8. The van der Waals surface area contributed by atoms with Crippen molar-refractivity contribution >= 4 is 11.7 Å². The summed E-state index contributed by atoms with van der Waals surface area (Å²) < 4.78 is 5.01. The van der Waals surface area contributed by atoms with Gasteiger partial charge in [-0.15, -0.1) is 0 Å². The number of amides is 1. The van der Waals surface area contributed by atoms with Crippen LogP contribution in [0.2, 0.25) is 0 Å². The first-order valence-corrected chi connectivity index (χ1v) is 7.26. The van der Waals surface area contributed by atoms with Crippen LogP contribution in [0.4, 0.5) is 4.79 Å². The van der Waals surface area contributed by atoms with Crippen LogP contribution in [0.5, 0.6) is 0 Å². The van der Waals surface area contributed by atoms with Gasteiger partial charge in [0.05, 0.1) is 24.9 Å². The first-order chi connectivity index (χ1) is 10.3. The Kier molecular flexibility index (Phi) is 6.59. The number of alkyl carbamates (subject to hydrolysis) is 1. The maximum Gasteiger partial charge on any atom is 0.407 e. The Labute approximate surface area is 131 Å². The van der Waals surface area contributed by atoms with Gasteiger partial charge in [0.15, 0.2) is 0 Å². The molecule has 0 radical (unpaired) electrons. The lowest BCUT2D eigenvalue weighted by Crippen LogP contribution is -2.41. The molecular formula is C17H25NO4. The Morgan fingerprint density at radius 1 is 1.45 bits per heavy atom. The van der Waals surface area contributed by atoms with E-state index in [0.717, 1.165) is 16.7 Å². The number of carbonyl (C=O) groups excluding carboxylic acids is 1. The average Bonchev–Trinajstić information content (AvgIpc) is 2.46. The van der Waals surface area contributed by atoms with Crippen LogP contribution >= 0.6 is 0 Å². The molecule has 0 saturated carbocycles. The van der Waals surface area contributed by atoms with E-state index < -0.39 is 17.7 Å². The number of nitrogens with one attached hydrogen (secondary N) is 1. The van der Waals surface area contributed by atoms with Crippen LogP contribution in [0.15, 0.2) is 30.8 Å². The van der Waals surface area contributed by atoms with Crippen molar-refractivity contribution in [1.82, 2.24) is 5.32 Å². The lowest BCUT2D eigenvalue weighted by Gasteiger charge is -2.27. The summed E-state index contributed by atoms with van der Waals surface area (Å²) in [4.78, 5) is 11.8. The third kappa shape index (κ3) is 5.50. The molecule has 3 N–H and O–H groups in total. The Morgan fingerprint density at radius 2 is 2.14 bits per heavy atom. The molecule has 1 aromatic rings. The highest BCUT2D eigenvalue weighted by Crippen LogP contribution is 2.23. The molecule has 1 aromatic carbocycles. The zero-order valence-electron chi connectivity index (χ0n) is 13.4. The largest absolute Gasteiger partial charge is 0.449 e. The number of allylic oxidation sites excluding steroid dienone is 1. The number of aliphatic hydroxyl groups excluding tert-OH is 2. The van der Waals surface area contributed by atoms with E-state index in [1.165, 1.54) is 0 Å². The van der Waals surface area contributed by atoms with E-state index in [0.29, 0.717) is 0 Å². The number of rotatable bonds is 7. The van der Waals surface area contributed by atoms with Gasteiger partial charge in [-0.3, -0.25) is 0 Å². The highest BCUT2D eigenvalue weighted by atomic mass is 16.5. The Hall–Kier alpha value is -1.85. The van der Waals surface area contributed by atoms with Crippen molar-refractivity contribution in [2.45, 2.75) is 38.8 Å². The zero-order valence-corrected chi connectivity index (χ0v) is 13.4. The molecule has 0 aromatic heterocycles. The van der Waals surface area contributed by atoms with Gasteiger partial charge in [0, 0.05) is 6.42 Å². The van der Waals surface area contributed by atoms with Crippen LogP contribution in [-0.2, 0) is 10.3 Å². The maximum absolute atomic E-state index is 11.8. The topological polar surface area (TPSA) is 78.8 Å². The molecule has 0 bridgehead atoms. The van der Waals surface area contributed by atoms with E-state index in [9.17, 15) is 9.90 Å². The third-order valence-corrected chi connectivity index (χ3v) is 3.39. The van der Waals surface area contributed by atoms with Gasteiger partial charge in [-0.25, -0.2) is 4.79 Å². The summed E-state index contributed by atoms with van der Waals surface area (Å²) in [6.45, 7) is 9.32. The monoisotopic (exact) mass is 307 g/mol. The standard InChI is InChI=1S/C17H25NO4/c1-12(2)13-6-5-7-14(10-13)17(3,4)18-16(21)22-9-8-15(20)11-19/h5-7,10,15,19-20H,1,8-9,11H2,2-4H3,(H,18,21). The van der Waals surface area contributed by atoms with Gasteiger partial charge in [0.2, 0.25) is 0 Å². The van der Waals surface area contributed by atoms with Crippen molar-refractivity contribution in [3.05, 3.63) is 42.0 Å². The summed E-state index contributed by atoms with van der Waals surface area (Å²) in [5.41, 5.74) is 2.32. The molecule has 0 aliphatic rings. The van der Waals surface area contributed by atoms with Crippen molar-refractivity contribution in [3.8, 4) is 0 Å². The SMILES string of the molecule is C=C(C)c1cccc(C(C)(C)NC(=O)OCCC(O)CO)c1. The van der Waals surface area contributed by atoms with Crippen LogP contribution in [0.3, 0.4) is 0 Å². The van der Waals surface area contributed by atoms with E-state index >= 15 is 0 Å². The molecule has 1 rings (SSSR count). The minimum absolute atomic E-state index is 0.0510. The molecule has 1 amide bonds. The fraction of sp³-hybridized carbons (Fsp3) is 0.471. The molecule has 0 saturated heterocycles. The van der Waals surface area contributed by atoms with Crippen molar-refractivity contribution in [2.75, 3.05) is 13.2 Å². The second kappa shape index (κ2) is 7.96. The predicted molar refractivity (Wildman–Crippen MR) is 86.4 cm³/mol. The molecule has 0 fully saturated rings. The van der Waals surface area contributed by atoms with E-state index in [4.69, 9.17) is 9.84 Å². The highest BCUT2D eigenvalue weighted by Gasteiger charge is 2.24. The molecule has 0 aliphatic carbocycles. The molecular weight excluding hydrogens is 282 g/mol. The number of carbonyl (C=O) groups is 1. The summed E-state index contributed by atoms with van der Waals surface area (Å²) >= 11 is 0. The van der Waals surface area contributed by atoms with Crippen LogP contribution in [0.1, 0.15) is 38.3 Å². The fourth-order valence-corrected chi connectivity index (χ4v) is 1.92. The van der Waals surface area contributed by atoms with Crippen LogP contribution in [-0.4, -0.2) is 35.6 Å². The summed E-state index contributed by atoms with van der Waals surface area (Å²) in [6.07, 6.45) is -1.22. The van der Waals surface area contributed by atoms with E-state index in [2.05, 4.69) is 11.9 Å². The lowest BCUT2D eigenvalue weighted by molar-refractivity contribution is 0.0623. The zero-order chi connectivity index (χ0) is 16.8. The smallest absolute Gasteiger partial charge is 0.407 e. The summed E-state index contributed by atoms with van der Waals surface area (Å²) in [7, 11) is 0. The predicted octanol–water partition coefficient (Wildman–Crippen LogP) is 2.42. The van der Waals surface area contributed by atoms with Crippen LogP contribution < -0.4 is 5.32 Å². The molecule has 1 unspecified atom stereocenters. The van der Waals surface area contributed by atoms with Gasteiger partial charge in [-0.05, 0) is 38.0 Å². The molecule has 0 spiro atoms. The van der Waals surface area contributed by atoms with Gasteiger partial charge < -0.3 is 20.3 Å². The van der Waals surface area contributed by atoms with Crippen molar-refractivity contribution in [1.29, 1.82) is 0 Å². The number of hydrogen-bond donors (Lipinski definition) is 3. The Morgan fingerprint density at radius 3 is 2.73 bits per heavy atom. The quantitative estimate of drug-likeness (QED) is 0.723. The highest BCUT2D eigenvalue weighted by molar-refractivity contribution is 5.69. The van der Waals surface area contributed by atoms with Gasteiger partial charge >= 0.3 is 6.09 Å². The lowest BCUT2D eigenvalue weighted by atomic mass is 9.92. The third-order valence-electron chi connectivity index (χ3n) is 3.39. The fourth-order valence-electron chi connectivity index (χ4n) is 1.92. The van der Waals surface area contributed by atoms with Crippen molar-refractivity contribution in [2.24, 2.45) is 0 Å². The van der Waals surface area contributed by atoms with E-state index in [1.807, 2.05) is 45.0 Å². The average molecular weight is 307 g/mol. The molecule has 5 nitrogen and oxygen atoms in total. The molecule has 122 valence electrons. The molecule has 0 heterocycles. The van der Waals surface area contributed by atoms with Gasteiger partial charge in [-0.2, -0.15) is 0 Å². The second-order valence-corrected chi connectivity index (χ2v) is 5.87. The minimum Gasteiger partial charge on any atom is -0.449 e. The second-order valence-electron chi connectivity index (χ2n) is 5.87. The summed E-state index contributed by atoms with van der Waals surface area (Å²) in [6, 6.07) is 7.81. The Balaban J connectivity index is 2.64. The number of hydrogen-bond acceptors (Lipinski definition) is 4. The first-order valence-electron chi connectivity index (χ1n) is 7.26. The van der Waals surface area contributed by atoms with Gasteiger partial charge in [-0.1, -0.05) is 30.4 Å². The van der Waals surface area contributed by atoms with Crippen molar-refractivity contribution in [3.63, 3.8) is 0 Å². The number of benzene rings is 1. The molecule has 5 heteroatoms. The molecule has 22 heavy (non-hydrogen) atoms. The van der Waals surface area contributed by atoms with Crippen molar-refractivity contribution < 1.29 is 19.7 Å². The normalized spacial score (nSPS) is 12.6. The first kappa shape index (κ1) is 18.2. The van der Waals surface area contributed by atoms with Gasteiger partial charge in [0.25, 0.3) is 0 Å². The molecule has 0 aliphatic heterocycles. The Bertz CT molecular complexity index is 525. The minimum atomic E-state index is -0.868.